The minimum Gasteiger partial charge on any atom is -0.488 e. The molecule has 0 heterocycles. The van der Waals surface area contributed by atoms with Crippen molar-refractivity contribution in [1.29, 1.82) is 0 Å². The Hall–Kier alpha value is -2.01. The number of rotatable bonds is 5. The number of carbonyl (C=O) groups is 1. The summed E-state index contributed by atoms with van der Waals surface area (Å²) in [6, 6.07) is 9.68. The van der Waals surface area contributed by atoms with Crippen molar-refractivity contribution in [2.45, 2.75) is 33.8 Å². The van der Waals surface area contributed by atoms with Crippen LogP contribution < -0.4 is 14.8 Å². The summed E-state index contributed by atoms with van der Waals surface area (Å²) in [4.78, 5) is 11.5. The van der Waals surface area contributed by atoms with E-state index in [-0.39, 0.29) is 0 Å². The van der Waals surface area contributed by atoms with Gasteiger partial charge >= 0.3 is 6.09 Å². The summed E-state index contributed by atoms with van der Waals surface area (Å²) in [5.41, 5.74) is 4.42. The third-order valence-electron chi connectivity index (χ3n) is 3.87. The number of halogens is 1. The van der Waals surface area contributed by atoms with Gasteiger partial charge in [0.15, 0.2) is 0 Å². The fourth-order valence-corrected chi connectivity index (χ4v) is 2.92. The molecule has 0 atom stereocenters. The Balaban J connectivity index is 2.23. The van der Waals surface area contributed by atoms with E-state index in [1.54, 1.807) is 6.07 Å². The molecular formula is C19H22BrNO3. The average molecular weight is 392 g/mol. The van der Waals surface area contributed by atoms with Crippen molar-refractivity contribution >= 4 is 22.0 Å². The van der Waals surface area contributed by atoms with E-state index in [1.807, 2.05) is 19.1 Å². The molecule has 0 spiro atoms. The lowest BCUT2D eigenvalue weighted by Gasteiger charge is -2.15. The first-order chi connectivity index (χ1) is 11.5. The zero-order chi connectivity index (χ0) is 17.7. The van der Waals surface area contributed by atoms with Gasteiger partial charge in [-0.3, -0.25) is 0 Å². The highest BCUT2D eigenvalue weighted by molar-refractivity contribution is 9.10. The summed E-state index contributed by atoms with van der Waals surface area (Å²) in [5, 5.41) is 2.45. The van der Waals surface area contributed by atoms with Gasteiger partial charge < -0.3 is 14.8 Å². The molecule has 0 aromatic heterocycles. The van der Waals surface area contributed by atoms with Crippen LogP contribution in [-0.4, -0.2) is 13.1 Å². The molecule has 0 aliphatic rings. The Morgan fingerprint density at radius 3 is 2.58 bits per heavy atom. The molecule has 2 aromatic rings. The van der Waals surface area contributed by atoms with E-state index in [0.29, 0.717) is 12.4 Å². The molecule has 0 unspecified atom stereocenters. The number of nitrogens with one attached hydrogen (secondary N) is 1. The number of amides is 1. The summed E-state index contributed by atoms with van der Waals surface area (Å²) in [6.45, 7) is 6.57. The SMILES string of the molecule is CCc1cc(C)c(OCc2c(Br)cccc2OC(=O)NC)cc1C. The van der Waals surface area contributed by atoms with Crippen LogP contribution in [-0.2, 0) is 13.0 Å². The number of ether oxygens (including phenoxy) is 2. The molecule has 0 aliphatic carbocycles. The summed E-state index contributed by atoms with van der Waals surface area (Å²) >= 11 is 3.50. The van der Waals surface area contributed by atoms with Crippen LogP contribution in [0.1, 0.15) is 29.2 Å². The predicted octanol–water partition coefficient (Wildman–Crippen LogP) is 4.93. The van der Waals surface area contributed by atoms with Gasteiger partial charge in [0.25, 0.3) is 0 Å². The van der Waals surface area contributed by atoms with Gasteiger partial charge in [-0.15, -0.1) is 0 Å². The lowest BCUT2D eigenvalue weighted by molar-refractivity contribution is 0.201. The van der Waals surface area contributed by atoms with E-state index in [1.165, 1.54) is 18.2 Å². The maximum Gasteiger partial charge on any atom is 0.412 e. The summed E-state index contributed by atoms with van der Waals surface area (Å²) in [7, 11) is 1.53. The lowest BCUT2D eigenvalue weighted by Crippen LogP contribution is -2.22. The van der Waals surface area contributed by atoms with E-state index in [9.17, 15) is 4.79 Å². The van der Waals surface area contributed by atoms with E-state index in [0.717, 1.165) is 27.8 Å². The van der Waals surface area contributed by atoms with Crippen LogP contribution in [0.25, 0.3) is 0 Å². The van der Waals surface area contributed by atoms with E-state index in [2.05, 4.69) is 47.2 Å². The van der Waals surface area contributed by atoms with Crippen molar-refractivity contribution < 1.29 is 14.3 Å². The standard InChI is InChI=1S/C19H22BrNO3/c1-5-14-9-13(3)18(10-12(14)2)23-11-15-16(20)7-6-8-17(15)24-19(22)21-4/h6-10H,5,11H2,1-4H3,(H,21,22). The summed E-state index contributed by atoms with van der Waals surface area (Å²) < 4.78 is 12.1. The van der Waals surface area contributed by atoms with Crippen molar-refractivity contribution in [2.75, 3.05) is 7.05 Å². The first-order valence-electron chi connectivity index (χ1n) is 7.86. The fraction of sp³-hybridized carbons (Fsp3) is 0.316. The first kappa shape index (κ1) is 18.3. The molecule has 5 heteroatoms. The second-order valence-electron chi connectivity index (χ2n) is 5.54. The van der Waals surface area contributed by atoms with Gasteiger partial charge in [0.05, 0.1) is 0 Å². The number of carbonyl (C=O) groups excluding carboxylic acids is 1. The van der Waals surface area contributed by atoms with Crippen LogP contribution in [0.5, 0.6) is 11.5 Å². The average Bonchev–Trinajstić information content (AvgIpc) is 2.56. The molecule has 0 saturated heterocycles. The van der Waals surface area contributed by atoms with Crippen LogP contribution >= 0.6 is 15.9 Å². The van der Waals surface area contributed by atoms with Crippen molar-refractivity contribution in [2.24, 2.45) is 0 Å². The normalized spacial score (nSPS) is 10.4. The zero-order valence-electron chi connectivity index (χ0n) is 14.4. The number of hydrogen-bond donors (Lipinski definition) is 1. The predicted molar refractivity (Wildman–Crippen MR) is 98.9 cm³/mol. The van der Waals surface area contributed by atoms with Gasteiger partial charge in [0.1, 0.15) is 18.1 Å². The van der Waals surface area contributed by atoms with Crippen LogP contribution in [0, 0.1) is 13.8 Å². The fourth-order valence-electron chi connectivity index (χ4n) is 2.46. The molecule has 0 radical (unpaired) electrons. The lowest BCUT2D eigenvalue weighted by atomic mass is 10.0. The van der Waals surface area contributed by atoms with Crippen molar-refractivity contribution in [3.05, 3.63) is 57.1 Å². The minimum atomic E-state index is -0.506. The van der Waals surface area contributed by atoms with Crippen LogP contribution in [0.3, 0.4) is 0 Å². The Kier molecular flexibility index (Phi) is 6.26. The molecule has 1 N–H and O–H groups in total. The number of benzene rings is 2. The van der Waals surface area contributed by atoms with Gasteiger partial charge in [-0.2, -0.15) is 0 Å². The largest absolute Gasteiger partial charge is 0.488 e. The molecule has 24 heavy (non-hydrogen) atoms. The monoisotopic (exact) mass is 391 g/mol. The van der Waals surface area contributed by atoms with Crippen molar-refractivity contribution in [3.63, 3.8) is 0 Å². The molecule has 0 fully saturated rings. The molecule has 1 amide bonds. The van der Waals surface area contributed by atoms with Crippen molar-refractivity contribution in [1.82, 2.24) is 5.32 Å². The van der Waals surface area contributed by atoms with E-state index < -0.39 is 6.09 Å². The third kappa shape index (κ3) is 4.29. The molecule has 0 saturated carbocycles. The molecular weight excluding hydrogens is 370 g/mol. The second kappa shape index (κ2) is 8.20. The van der Waals surface area contributed by atoms with Gasteiger partial charge in [-0.05, 0) is 55.2 Å². The van der Waals surface area contributed by atoms with Crippen molar-refractivity contribution in [3.8, 4) is 11.5 Å². The van der Waals surface area contributed by atoms with Crippen LogP contribution in [0.15, 0.2) is 34.8 Å². The zero-order valence-corrected chi connectivity index (χ0v) is 16.0. The minimum absolute atomic E-state index is 0.305. The second-order valence-corrected chi connectivity index (χ2v) is 6.40. The summed E-state index contributed by atoms with van der Waals surface area (Å²) in [5.74, 6) is 1.31. The topological polar surface area (TPSA) is 47.6 Å². The molecule has 0 bridgehead atoms. The highest BCUT2D eigenvalue weighted by atomic mass is 79.9. The maximum absolute atomic E-state index is 11.5. The van der Waals surface area contributed by atoms with E-state index >= 15 is 0 Å². The van der Waals surface area contributed by atoms with Gasteiger partial charge in [0.2, 0.25) is 0 Å². The number of hydrogen-bond acceptors (Lipinski definition) is 3. The first-order valence-corrected chi connectivity index (χ1v) is 8.65. The third-order valence-corrected chi connectivity index (χ3v) is 4.61. The maximum atomic E-state index is 11.5. The Morgan fingerprint density at radius 1 is 1.17 bits per heavy atom. The van der Waals surface area contributed by atoms with Crippen LogP contribution in [0.2, 0.25) is 0 Å². The highest BCUT2D eigenvalue weighted by Crippen LogP contribution is 2.30. The molecule has 2 aromatic carbocycles. The van der Waals surface area contributed by atoms with Gasteiger partial charge in [-0.25, -0.2) is 4.79 Å². The molecule has 2 rings (SSSR count). The summed E-state index contributed by atoms with van der Waals surface area (Å²) in [6.07, 6.45) is 0.495. The van der Waals surface area contributed by atoms with Gasteiger partial charge in [-0.1, -0.05) is 35.0 Å². The van der Waals surface area contributed by atoms with Crippen LogP contribution in [0.4, 0.5) is 4.79 Å². The number of aryl methyl sites for hydroxylation is 3. The Morgan fingerprint density at radius 2 is 1.92 bits per heavy atom. The van der Waals surface area contributed by atoms with Gasteiger partial charge in [0, 0.05) is 17.1 Å². The molecule has 128 valence electrons. The molecule has 4 nitrogen and oxygen atoms in total. The highest BCUT2D eigenvalue weighted by Gasteiger charge is 2.13. The smallest absolute Gasteiger partial charge is 0.412 e. The quantitative estimate of drug-likeness (QED) is 0.785. The molecule has 0 aliphatic heterocycles. The Bertz CT molecular complexity index is 744. The Labute approximate surface area is 151 Å². The van der Waals surface area contributed by atoms with E-state index in [4.69, 9.17) is 9.47 Å².